The summed E-state index contributed by atoms with van der Waals surface area (Å²) < 4.78 is 10.5. The summed E-state index contributed by atoms with van der Waals surface area (Å²) >= 11 is 0. The van der Waals surface area contributed by atoms with Crippen LogP contribution in [0.4, 0.5) is 11.5 Å². The minimum absolute atomic E-state index is 0.0336. The highest BCUT2D eigenvalue weighted by Gasteiger charge is 2.28. The molecule has 2 amide bonds. The van der Waals surface area contributed by atoms with Crippen molar-refractivity contribution in [3.63, 3.8) is 0 Å². The number of nitrogens with two attached hydrogens (primary N) is 1. The SMILES string of the molecule is CCOC(=O)CN1C(=O)CCc2cc(-c3nc(N)c4c(n3)OCCNC4=O)ccc21. The Morgan fingerprint density at radius 2 is 2.13 bits per heavy atom. The van der Waals surface area contributed by atoms with Crippen LogP contribution in [0.2, 0.25) is 0 Å². The Kier molecular flexibility index (Phi) is 5.21. The molecule has 0 atom stereocenters. The topological polar surface area (TPSA) is 137 Å². The van der Waals surface area contributed by atoms with Crippen LogP contribution in [0, 0.1) is 0 Å². The highest BCUT2D eigenvalue weighted by atomic mass is 16.5. The Morgan fingerprint density at radius 1 is 1.30 bits per heavy atom. The van der Waals surface area contributed by atoms with Crippen molar-refractivity contribution >= 4 is 29.3 Å². The lowest BCUT2D eigenvalue weighted by Crippen LogP contribution is -2.39. The van der Waals surface area contributed by atoms with Crippen LogP contribution in [-0.2, 0) is 20.7 Å². The standard InChI is InChI=1S/C20H21N5O5/c1-2-29-15(27)10-25-13-5-3-12(9-11(13)4-6-14(25)26)18-23-17(21)16-19(28)22-7-8-30-20(16)24-18/h3,5,9H,2,4,6-8,10H2,1H3,(H,22,28)(H2,21,23,24). The predicted octanol–water partition coefficient (Wildman–Crippen LogP) is 0.690. The zero-order valence-electron chi connectivity index (χ0n) is 16.4. The third kappa shape index (κ3) is 3.63. The van der Waals surface area contributed by atoms with E-state index < -0.39 is 5.97 Å². The van der Waals surface area contributed by atoms with Gasteiger partial charge in [-0.15, -0.1) is 0 Å². The zero-order chi connectivity index (χ0) is 21.3. The van der Waals surface area contributed by atoms with Crippen molar-refractivity contribution in [3.8, 4) is 17.3 Å². The number of benzene rings is 1. The smallest absolute Gasteiger partial charge is 0.326 e. The first-order valence-electron chi connectivity index (χ1n) is 9.65. The predicted molar refractivity (Wildman–Crippen MR) is 107 cm³/mol. The second-order valence-corrected chi connectivity index (χ2v) is 6.85. The van der Waals surface area contributed by atoms with E-state index in [1.165, 1.54) is 4.90 Å². The van der Waals surface area contributed by atoms with Crippen molar-refractivity contribution in [2.24, 2.45) is 0 Å². The molecular formula is C20H21N5O5. The molecule has 10 nitrogen and oxygen atoms in total. The van der Waals surface area contributed by atoms with Gasteiger partial charge in [0.1, 0.15) is 24.5 Å². The summed E-state index contributed by atoms with van der Waals surface area (Å²) in [7, 11) is 0. The van der Waals surface area contributed by atoms with Gasteiger partial charge in [0, 0.05) is 17.7 Å². The molecule has 30 heavy (non-hydrogen) atoms. The van der Waals surface area contributed by atoms with Crippen molar-refractivity contribution in [2.45, 2.75) is 19.8 Å². The maximum absolute atomic E-state index is 12.3. The number of hydrogen-bond donors (Lipinski definition) is 2. The number of esters is 1. The number of carbonyl (C=O) groups is 3. The van der Waals surface area contributed by atoms with E-state index in [1.807, 2.05) is 6.07 Å². The number of aromatic nitrogens is 2. The lowest BCUT2D eigenvalue weighted by molar-refractivity contribution is -0.142. The van der Waals surface area contributed by atoms with E-state index in [4.69, 9.17) is 15.2 Å². The van der Waals surface area contributed by atoms with E-state index in [0.29, 0.717) is 30.0 Å². The van der Waals surface area contributed by atoms with Crippen molar-refractivity contribution in [1.82, 2.24) is 15.3 Å². The van der Waals surface area contributed by atoms with E-state index in [-0.39, 0.29) is 55.3 Å². The summed E-state index contributed by atoms with van der Waals surface area (Å²) in [5.74, 6) is -0.466. The number of nitrogens with one attached hydrogen (secondary N) is 1. The fourth-order valence-electron chi connectivity index (χ4n) is 3.51. The van der Waals surface area contributed by atoms with Gasteiger partial charge in [0.15, 0.2) is 5.82 Å². The van der Waals surface area contributed by atoms with Gasteiger partial charge in [0.25, 0.3) is 5.91 Å². The van der Waals surface area contributed by atoms with Crippen LogP contribution in [0.25, 0.3) is 11.4 Å². The van der Waals surface area contributed by atoms with Gasteiger partial charge in [0.2, 0.25) is 11.8 Å². The third-order valence-corrected chi connectivity index (χ3v) is 4.89. The van der Waals surface area contributed by atoms with Gasteiger partial charge in [-0.3, -0.25) is 14.4 Å². The first-order valence-corrected chi connectivity index (χ1v) is 9.65. The molecule has 0 unspecified atom stereocenters. The summed E-state index contributed by atoms with van der Waals surface area (Å²) in [4.78, 5) is 46.5. The molecule has 0 bridgehead atoms. The van der Waals surface area contributed by atoms with E-state index >= 15 is 0 Å². The lowest BCUT2D eigenvalue weighted by atomic mass is 9.98. The molecule has 3 N–H and O–H groups in total. The second kappa shape index (κ2) is 7.97. The van der Waals surface area contributed by atoms with Crippen molar-refractivity contribution in [2.75, 3.05) is 36.9 Å². The summed E-state index contributed by atoms with van der Waals surface area (Å²) in [5, 5.41) is 2.68. The van der Waals surface area contributed by atoms with Crippen LogP contribution in [0.5, 0.6) is 5.88 Å². The van der Waals surface area contributed by atoms with Gasteiger partial charge in [-0.25, -0.2) is 4.98 Å². The molecule has 0 radical (unpaired) electrons. The molecule has 1 aromatic heterocycles. The Morgan fingerprint density at radius 3 is 2.93 bits per heavy atom. The number of aryl methyl sites for hydroxylation is 1. The molecular weight excluding hydrogens is 390 g/mol. The van der Waals surface area contributed by atoms with Crippen LogP contribution in [0.1, 0.15) is 29.3 Å². The molecule has 0 saturated carbocycles. The van der Waals surface area contributed by atoms with Gasteiger partial charge < -0.3 is 25.4 Å². The number of fused-ring (bicyclic) bond motifs is 2. The van der Waals surface area contributed by atoms with Crippen molar-refractivity contribution in [1.29, 1.82) is 0 Å². The Balaban J connectivity index is 1.69. The number of nitrogen functional groups attached to an aromatic ring is 1. The number of nitrogens with zero attached hydrogens (tertiary/aromatic N) is 3. The van der Waals surface area contributed by atoms with Gasteiger partial charge in [-0.05, 0) is 37.1 Å². The fraction of sp³-hybridized carbons (Fsp3) is 0.350. The molecule has 2 aliphatic heterocycles. The molecule has 2 aromatic rings. The highest BCUT2D eigenvalue weighted by Crippen LogP contribution is 2.33. The molecule has 0 saturated heterocycles. The molecule has 4 rings (SSSR count). The molecule has 2 aliphatic rings. The molecule has 1 aromatic carbocycles. The van der Waals surface area contributed by atoms with E-state index in [1.54, 1.807) is 19.1 Å². The molecule has 3 heterocycles. The number of ether oxygens (including phenoxy) is 2. The Hall–Kier alpha value is -3.69. The summed E-state index contributed by atoms with van der Waals surface area (Å²) in [6.45, 7) is 2.47. The molecule has 0 aliphatic carbocycles. The van der Waals surface area contributed by atoms with E-state index in [2.05, 4.69) is 15.3 Å². The number of hydrogen-bond acceptors (Lipinski definition) is 8. The van der Waals surface area contributed by atoms with Crippen LogP contribution in [-0.4, -0.2) is 54.1 Å². The summed E-state index contributed by atoms with van der Waals surface area (Å²) in [5.41, 5.74) is 8.33. The zero-order valence-corrected chi connectivity index (χ0v) is 16.4. The molecule has 10 heteroatoms. The van der Waals surface area contributed by atoms with Gasteiger partial charge in [-0.1, -0.05) is 0 Å². The van der Waals surface area contributed by atoms with Crippen molar-refractivity contribution in [3.05, 3.63) is 29.3 Å². The quantitative estimate of drug-likeness (QED) is 0.701. The van der Waals surface area contributed by atoms with Crippen LogP contribution >= 0.6 is 0 Å². The maximum Gasteiger partial charge on any atom is 0.326 e. The largest absolute Gasteiger partial charge is 0.475 e. The van der Waals surface area contributed by atoms with Crippen LogP contribution < -0.4 is 20.7 Å². The number of amides is 2. The normalized spacial score (nSPS) is 15.4. The van der Waals surface area contributed by atoms with Gasteiger partial charge >= 0.3 is 5.97 Å². The number of anilines is 2. The highest BCUT2D eigenvalue weighted by molar-refractivity contribution is 6.01. The monoisotopic (exact) mass is 411 g/mol. The van der Waals surface area contributed by atoms with Crippen molar-refractivity contribution < 1.29 is 23.9 Å². The fourth-order valence-corrected chi connectivity index (χ4v) is 3.51. The number of rotatable bonds is 4. The lowest BCUT2D eigenvalue weighted by Gasteiger charge is -2.29. The first kappa shape index (κ1) is 19.6. The van der Waals surface area contributed by atoms with E-state index in [0.717, 1.165) is 5.56 Å². The maximum atomic E-state index is 12.3. The third-order valence-electron chi connectivity index (χ3n) is 4.89. The van der Waals surface area contributed by atoms with Crippen LogP contribution in [0.15, 0.2) is 18.2 Å². The second-order valence-electron chi connectivity index (χ2n) is 6.85. The summed E-state index contributed by atoms with van der Waals surface area (Å²) in [6, 6.07) is 5.35. The Labute approximate surface area is 172 Å². The molecule has 0 spiro atoms. The van der Waals surface area contributed by atoms with E-state index in [9.17, 15) is 14.4 Å². The minimum atomic E-state index is -0.458. The average molecular weight is 411 g/mol. The van der Waals surface area contributed by atoms with Crippen LogP contribution in [0.3, 0.4) is 0 Å². The minimum Gasteiger partial charge on any atom is -0.475 e. The Bertz CT molecular complexity index is 1040. The number of carbonyl (C=O) groups excluding carboxylic acids is 3. The molecule has 0 fully saturated rings. The van der Waals surface area contributed by atoms with Gasteiger partial charge in [-0.2, -0.15) is 4.98 Å². The molecule has 156 valence electrons. The van der Waals surface area contributed by atoms with Gasteiger partial charge in [0.05, 0.1) is 13.2 Å². The first-order chi connectivity index (χ1) is 14.5. The summed E-state index contributed by atoms with van der Waals surface area (Å²) in [6.07, 6.45) is 0.812. The average Bonchev–Trinajstić information content (AvgIpc) is 2.91.